The third-order valence-electron chi connectivity index (χ3n) is 13.5. The van der Waals surface area contributed by atoms with E-state index in [0.29, 0.717) is 0 Å². The topological polar surface area (TPSA) is 3.24 Å². The molecule has 0 bridgehead atoms. The van der Waals surface area contributed by atoms with Crippen LogP contribution in [0.15, 0.2) is 273 Å². The maximum atomic E-state index is 2.51. The SMILES string of the molecule is c1ccc(-c2ccc(-c3ccc(N(c4ccc(-c5ccccc5)cc4)c4c(-c5ccccc5)c5c(c6ccccc46)C(c4ccccc4)(c4ccccc4)c4ccccc4-5)cc3)cc2)cc1. The number of hydrogen-bond donors (Lipinski definition) is 0. The summed E-state index contributed by atoms with van der Waals surface area (Å²) in [6.07, 6.45) is 0. The number of rotatable bonds is 9. The molecule has 1 heteroatoms. The zero-order chi connectivity index (χ0) is 43.9. The lowest BCUT2D eigenvalue weighted by Gasteiger charge is -2.36. The Morgan fingerprint density at radius 1 is 0.258 bits per heavy atom. The van der Waals surface area contributed by atoms with Crippen LogP contribution in [0.1, 0.15) is 22.3 Å². The number of benzene rings is 11. The smallest absolute Gasteiger partial charge is 0.0719 e. The fourth-order valence-corrected chi connectivity index (χ4v) is 10.6. The van der Waals surface area contributed by atoms with Crippen molar-refractivity contribution in [1.82, 2.24) is 0 Å². The Morgan fingerprint density at radius 2 is 0.606 bits per heavy atom. The largest absolute Gasteiger partial charge is 0.309 e. The van der Waals surface area contributed by atoms with Gasteiger partial charge in [0, 0.05) is 22.3 Å². The van der Waals surface area contributed by atoms with Crippen molar-refractivity contribution in [1.29, 1.82) is 0 Å². The molecular formula is C65H45N. The Morgan fingerprint density at radius 3 is 1.08 bits per heavy atom. The van der Waals surface area contributed by atoms with Crippen molar-refractivity contribution in [2.45, 2.75) is 5.41 Å². The Labute approximate surface area is 387 Å². The molecule has 0 saturated carbocycles. The fraction of sp³-hybridized carbons (Fsp3) is 0.0154. The number of fused-ring (bicyclic) bond motifs is 5. The molecule has 0 aromatic heterocycles. The molecule has 0 fully saturated rings. The van der Waals surface area contributed by atoms with Gasteiger partial charge in [-0.15, -0.1) is 0 Å². The van der Waals surface area contributed by atoms with E-state index < -0.39 is 5.41 Å². The van der Waals surface area contributed by atoms with E-state index in [4.69, 9.17) is 0 Å². The average Bonchev–Trinajstić information content (AvgIpc) is 3.72. The predicted molar refractivity (Wildman–Crippen MR) is 278 cm³/mol. The highest BCUT2D eigenvalue weighted by Gasteiger charge is 2.49. The molecule has 1 aliphatic rings. The summed E-state index contributed by atoms with van der Waals surface area (Å²) in [5.74, 6) is 0. The zero-order valence-electron chi connectivity index (χ0n) is 36.4. The van der Waals surface area contributed by atoms with Gasteiger partial charge in [0.05, 0.1) is 11.1 Å². The number of anilines is 3. The lowest BCUT2D eigenvalue weighted by Crippen LogP contribution is -2.29. The van der Waals surface area contributed by atoms with E-state index in [-0.39, 0.29) is 0 Å². The summed E-state index contributed by atoms with van der Waals surface area (Å²) < 4.78 is 0. The van der Waals surface area contributed by atoms with Crippen LogP contribution in [0.5, 0.6) is 0 Å². The van der Waals surface area contributed by atoms with E-state index in [1.54, 1.807) is 0 Å². The molecule has 66 heavy (non-hydrogen) atoms. The zero-order valence-corrected chi connectivity index (χ0v) is 36.4. The summed E-state index contributed by atoms with van der Waals surface area (Å²) in [5, 5.41) is 2.42. The van der Waals surface area contributed by atoms with Gasteiger partial charge in [-0.2, -0.15) is 0 Å². The van der Waals surface area contributed by atoms with Crippen LogP contribution in [0, 0.1) is 0 Å². The van der Waals surface area contributed by atoms with Crippen molar-refractivity contribution in [2.75, 3.05) is 4.90 Å². The molecule has 0 aliphatic heterocycles. The minimum Gasteiger partial charge on any atom is -0.309 e. The van der Waals surface area contributed by atoms with Crippen LogP contribution in [0.2, 0.25) is 0 Å². The quantitative estimate of drug-likeness (QED) is 0.140. The summed E-state index contributed by atoms with van der Waals surface area (Å²) in [6, 6.07) is 100. The maximum Gasteiger partial charge on any atom is 0.0719 e. The van der Waals surface area contributed by atoms with Crippen molar-refractivity contribution in [3.8, 4) is 55.6 Å². The molecule has 0 heterocycles. The van der Waals surface area contributed by atoms with Gasteiger partial charge in [0.2, 0.25) is 0 Å². The molecule has 11 aromatic rings. The maximum absolute atomic E-state index is 2.51. The van der Waals surface area contributed by atoms with Gasteiger partial charge in [0.25, 0.3) is 0 Å². The van der Waals surface area contributed by atoms with Gasteiger partial charge < -0.3 is 4.90 Å². The number of nitrogens with zero attached hydrogens (tertiary/aromatic N) is 1. The first kappa shape index (κ1) is 39.1. The second-order valence-electron chi connectivity index (χ2n) is 17.2. The summed E-state index contributed by atoms with van der Waals surface area (Å²) >= 11 is 0. The Bertz CT molecular complexity index is 3410. The minimum atomic E-state index is -0.587. The molecule has 0 amide bonds. The molecule has 11 aromatic carbocycles. The van der Waals surface area contributed by atoms with Crippen molar-refractivity contribution in [2.24, 2.45) is 0 Å². The molecule has 0 radical (unpaired) electrons. The average molecular weight is 840 g/mol. The van der Waals surface area contributed by atoms with Gasteiger partial charge >= 0.3 is 0 Å². The van der Waals surface area contributed by atoms with Gasteiger partial charge in [-0.3, -0.25) is 0 Å². The van der Waals surface area contributed by atoms with Crippen LogP contribution in [-0.2, 0) is 5.41 Å². The van der Waals surface area contributed by atoms with Gasteiger partial charge in [0.1, 0.15) is 0 Å². The van der Waals surface area contributed by atoms with Gasteiger partial charge in [-0.25, -0.2) is 0 Å². The first-order valence-electron chi connectivity index (χ1n) is 22.8. The van der Waals surface area contributed by atoms with Gasteiger partial charge in [0.15, 0.2) is 0 Å². The van der Waals surface area contributed by atoms with Crippen LogP contribution in [0.25, 0.3) is 66.4 Å². The third kappa shape index (κ3) is 6.47. The molecule has 0 saturated heterocycles. The van der Waals surface area contributed by atoms with Crippen LogP contribution >= 0.6 is 0 Å². The molecule has 0 atom stereocenters. The van der Waals surface area contributed by atoms with E-state index in [9.17, 15) is 0 Å². The number of hydrogen-bond acceptors (Lipinski definition) is 1. The summed E-state index contributed by atoms with van der Waals surface area (Å²) in [4.78, 5) is 2.51. The lowest BCUT2D eigenvalue weighted by atomic mass is 9.66. The van der Waals surface area contributed by atoms with E-state index in [2.05, 4.69) is 278 Å². The third-order valence-corrected chi connectivity index (χ3v) is 13.5. The second kappa shape index (κ2) is 16.6. The standard InChI is InChI=1S/C65H45N/c1-6-20-46(21-7-1)48-34-36-49(37-35-48)51-40-44-56(45-41-51)66(55-42-38-50(39-43-55)47-22-8-2-9-23-47)64-58-31-17-16-30-57(58)63-62(61(64)52-24-10-3-11-25-52)59-32-18-19-33-60(59)65(63,53-26-12-4-13-27-53)54-28-14-5-15-29-54/h1-45H. The summed E-state index contributed by atoms with van der Waals surface area (Å²) in [7, 11) is 0. The Balaban J connectivity index is 1.15. The van der Waals surface area contributed by atoms with Crippen molar-refractivity contribution < 1.29 is 0 Å². The van der Waals surface area contributed by atoms with E-state index >= 15 is 0 Å². The highest BCUT2D eigenvalue weighted by molar-refractivity contribution is 6.16. The second-order valence-corrected chi connectivity index (χ2v) is 17.2. The molecule has 1 nitrogen and oxygen atoms in total. The van der Waals surface area contributed by atoms with E-state index in [0.717, 1.165) is 17.1 Å². The van der Waals surface area contributed by atoms with Crippen LogP contribution in [0.3, 0.4) is 0 Å². The molecule has 1 aliphatic carbocycles. The van der Waals surface area contributed by atoms with Crippen molar-refractivity contribution >= 4 is 27.8 Å². The summed E-state index contributed by atoms with van der Waals surface area (Å²) in [6.45, 7) is 0. The molecule has 310 valence electrons. The van der Waals surface area contributed by atoms with Crippen molar-refractivity contribution in [3.05, 3.63) is 295 Å². The van der Waals surface area contributed by atoms with Gasteiger partial charge in [-0.05, 0) is 102 Å². The Hall–Kier alpha value is -8.52. The van der Waals surface area contributed by atoms with Crippen LogP contribution < -0.4 is 4.90 Å². The van der Waals surface area contributed by atoms with Crippen LogP contribution in [-0.4, -0.2) is 0 Å². The molecule has 0 N–H and O–H groups in total. The van der Waals surface area contributed by atoms with E-state index in [1.165, 1.54) is 88.7 Å². The fourth-order valence-electron chi connectivity index (χ4n) is 10.6. The lowest BCUT2D eigenvalue weighted by molar-refractivity contribution is 0.775. The molecular weight excluding hydrogens is 795 g/mol. The summed E-state index contributed by atoms with van der Waals surface area (Å²) in [5.41, 5.74) is 19.9. The first-order valence-corrected chi connectivity index (χ1v) is 22.8. The monoisotopic (exact) mass is 839 g/mol. The highest BCUT2D eigenvalue weighted by atomic mass is 15.1. The van der Waals surface area contributed by atoms with Crippen molar-refractivity contribution in [3.63, 3.8) is 0 Å². The predicted octanol–water partition coefficient (Wildman–Crippen LogP) is 17.3. The Kier molecular flexibility index (Phi) is 9.81. The molecule has 12 rings (SSSR count). The van der Waals surface area contributed by atoms with Crippen LogP contribution in [0.4, 0.5) is 17.1 Å². The van der Waals surface area contributed by atoms with Gasteiger partial charge in [-0.1, -0.05) is 249 Å². The molecule has 0 spiro atoms. The highest BCUT2D eigenvalue weighted by Crippen LogP contribution is 2.63. The molecule has 0 unspecified atom stereocenters. The first-order chi connectivity index (χ1) is 32.8. The normalized spacial score (nSPS) is 12.4. The minimum absolute atomic E-state index is 0.587. The van der Waals surface area contributed by atoms with E-state index in [1.807, 2.05) is 0 Å².